The highest BCUT2D eigenvalue weighted by atomic mass is 16.5. The fourth-order valence-corrected chi connectivity index (χ4v) is 2.29. The van der Waals surface area contributed by atoms with Gasteiger partial charge in [0.1, 0.15) is 5.75 Å². The summed E-state index contributed by atoms with van der Waals surface area (Å²) in [6, 6.07) is 7.62. The molecule has 1 saturated heterocycles. The number of carbonyl (C=O) groups is 1. The highest BCUT2D eigenvalue weighted by Gasteiger charge is 2.24. The first-order chi connectivity index (χ1) is 8.74. The van der Waals surface area contributed by atoms with Gasteiger partial charge in [-0.25, -0.2) is 0 Å². The minimum Gasteiger partial charge on any atom is -0.496 e. The quantitative estimate of drug-likeness (QED) is 0.862. The number of nitrogens with one attached hydrogen (secondary N) is 1. The normalized spacial score (nSPS) is 20.3. The van der Waals surface area contributed by atoms with Gasteiger partial charge in [-0.1, -0.05) is 12.1 Å². The lowest BCUT2D eigenvalue weighted by Gasteiger charge is -2.27. The molecule has 1 aromatic carbocycles. The molecule has 0 aromatic heterocycles. The molecule has 98 valence electrons. The average Bonchev–Trinajstić information content (AvgIpc) is 2.62. The van der Waals surface area contributed by atoms with Crippen molar-refractivity contribution in [3.05, 3.63) is 29.8 Å². The van der Waals surface area contributed by atoms with E-state index in [1.165, 1.54) is 0 Å². The molecular weight excluding hydrogens is 228 g/mol. The molecule has 1 atom stereocenters. The van der Waals surface area contributed by atoms with Crippen LogP contribution in [0.2, 0.25) is 0 Å². The predicted molar refractivity (Wildman–Crippen MR) is 71.0 cm³/mol. The van der Waals surface area contributed by atoms with Crippen LogP contribution in [0, 0.1) is 0 Å². The van der Waals surface area contributed by atoms with Crippen molar-refractivity contribution in [1.29, 1.82) is 0 Å². The van der Waals surface area contributed by atoms with Crippen molar-refractivity contribution in [2.75, 3.05) is 26.7 Å². The molecule has 0 spiro atoms. The van der Waals surface area contributed by atoms with Gasteiger partial charge in [-0.05, 0) is 32.0 Å². The molecule has 1 fully saturated rings. The van der Waals surface area contributed by atoms with Gasteiger partial charge in [-0.3, -0.25) is 4.79 Å². The Hall–Kier alpha value is -1.55. The molecule has 1 amide bonds. The number of ether oxygens (including phenoxy) is 1. The van der Waals surface area contributed by atoms with E-state index in [-0.39, 0.29) is 11.9 Å². The van der Waals surface area contributed by atoms with Crippen LogP contribution in [0.4, 0.5) is 0 Å². The number of nitrogens with zero attached hydrogens (tertiary/aromatic N) is 1. The van der Waals surface area contributed by atoms with Gasteiger partial charge < -0.3 is 15.0 Å². The summed E-state index contributed by atoms with van der Waals surface area (Å²) in [5.41, 5.74) is 0.647. The minimum absolute atomic E-state index is 0.0589. The monoisotopic (exact) mass is 248 g/mol. The maximum Gasteiger partial charge on any atom is 0.257 e. The van der Waals surface area contributed by atoms with Crippen LogP contribution in [-0.4, -0.2) is 43.6 Å². The highest BCUT2D eigenvalue weighted by Crippen LogP contribution is 2.20. The first-order valence-electron chi connectivity index (χ1n) is 6.38. The Morgan fingerprint density at radius 3 is 3.00 bits per heavy atom. The summed E-state index contributed by atoms with van der Waals surface area (Å²) in [6.07, 6.45) is 0.991. The van der Waals surface area contributed by atoms with Crippen LogP contribution in [0.1, 0.15) is 23.7 Å². The molecule has 0 bridgehead atoms. The Labute approximate surface area is 108 Å². The molecule has 1 heterocycles. The molecule has 0 radical (unpaired) electrons. The first-order valence-corrected chi connectivity index (χ1v) is 6.38. The van der Waals surface area contributed by atoms with Crippen molar-refractivity contribution in [2.45, 2.75) is 19.4 Å². The highest BCUT2D eigenvalue weighted by molar-refractivity contribution is 5.97. The zero-order chi connectivity index (χ0) is 13.0. The van der Waals surface area contributed by atoms with E-state index in [1.807, 2.05) is 29.2 Å². The van der Waals surface area contributed by atoms with E-state index in [1.54, 1.807) is 7.11 Å². The SMILES string of the molecule is COc1ccccc1C(=O)N1CCCNCC1C. The summed E-state index contributed by atoms with van der Waals surface area (Å²) < 4.78 is 5.26. The molecule has 0 saturated carbocycles. The van der Waals surface area contributed by atoms with Crippen LogP contribution in [0.15, 0.2) is 24.3 Å². The van der Waals surface area contributed by atoms with Crippen LogP contribution < -0.4 is 10.1 Å². The Kier molecular flexibility index (Phi) is 4.20. The lowest BCUT2D eigenvalue weighted by atomic mass is 10.1. The molecule has 2 rings (SSSR count). The van der Waals surface area contributed by atoms with Crippen molar-refractivity contribution < 1.29 is 9.53 Å². The number of hydrogen-bond donors (Lipinski definition) is 1. The zero-order valence-electron chi connectivity index (χ0n) is 11.0. The van der Waals surface area contributed by atoms with Gasteiger partial charge in [0.05, 0.1) is 12.7 Å². The maximum atomic E-state index is 12.6. The molecular formula is C14H20N2O2. The fourth-order valence-electron chi connectivity index (χ4n) is 2.29. The van der Waals surface area contributed by atoms with Crippen LogP contribution in [0.5, 0.6) is 5.75 Å². The van der Waals surface area contributed by atoms with Gasteiger partial charge in [0.15, 0.2) is 0 Å². The average molecular weight is 248 g/mol. The predicted octanol–water partition coefficient (Wildman–Crippen LogP) is 1.52. The summed E-state index contributed by atoms with van der Waals surface area (Å²) in [7, 11) is 1.60. The fraction of sp³-hybridized carbons (Fsp3) is 0.500. The van der Waals surface area contributed by atoms with E-state index < -0.39 is 0 Å². The topological polar surface area (TPSA) is 41.6 Å². The van der Waals surface area contributed by atoms with Gasteiger partial charge in [0.2, 0.25) is 0 Å². The Morgan fingerprint density at radius 1 is 1.44 bits per heavy atom. The Balaban J connectivity index is 2.23. The van der Waals surface area contributed by atoms with Crippen LogP contribution in [0.25, 0.3) is 0 Å². The summed E-state index contributed by atoms with van der Waals surface area (Å²) in [5.74, 6) is 0.704. The second-order valence-corrected chi connectivity index (χ2v) is 4.61. The Morgan fingerprint density at radius 2 is 2.22 bits per heavy atom. The van der Waals surface area contributed by atoms with E-state index >= 15 is 0 Å². The lowest BCUT2D eigenvalue weighted by Crippen LogP contribution is -2.41. The van der Waals surface area contributed by atoms with Gasteiger partial charge in [-0.15, -0.1) is 0 Å². The molecule has 0 aliphatic carbocycles. The minimum atomic E-state index is 0.0589. The third-order valence-corrected chi connectivity index (χ3v) is 3.32. The van der Waals surface area contributed by atoms with Crippen molar-refractivity contribution in [1.82, 2.24) is 10.2 Å². The van der Waals surface area contributed by atoms with Crippen molar-refractivity contribution in [3.8, 4) is 5.75 Å². The van der Waals surface area contributed by atoms with Gasteiger partial charge in [0.25, 0.3) is 5.91 Å². The van der Waals surface area contributed by atoms with E-state index in [2.05, 4.69) is 12.2 Å². The molecule has 1 unspecified atom stereocenters. The van der Waals surface area contributed by atoms with Gasteiger partial charge >= 0.3 is 0 Å². The first kappa shape index (κ1) is 12.9. The Bertz CT molecular complexity index is 420. The van der Waals surface area contributed by atoms with Gasteiger partial charge in [-0.2, -0.15) is 0 Å². The van der Waals surface area contributed by atoms with Crippen molar-refractivity contribution in [3.63, 3.8) is 0 Å². The molecule has 1 aliphatic rings. The van der Waals surface area contributed by atoms with Crippen molar-refractivity contribution in [2.24, 2.45) is 0 Å². The van der Waals surface area contributed by atoms with E-state index in [4.69, 9.17) is 4.74 Å². The number of amides is 1. The third-order valence-electron chi connectivity index (χ3n) is 3.32. The number of benzene rings is 1. The number of carbonyl (C=O) groups excluding carboxylic acids is 1. The summed E-state index contributed by atoms with van der Waals surface area (Å²) in [4.78, 5) is 14.5. The van der Waals surface area contributed by atoms with Gasteiger partial charge in [0, 0.05) is 19.1 Å². The van der Waals surface area contributed by atoms with Crippen LogP contribution in [-0.2, 0) is 0 Å². The smallest absolute Gasteiger partial charge is 0.257 e. The molecule has 4 nitrogen and oxygen atoms in total. The molecule has 1 aliphatic heterocycles. The molecule has 4 heteroatoms. The third kappa shape index (κ3) is 2.64. The molecule has 1 N–H and O–H groups in total. The van der Waals surface area contributed by atoms with Crippen molar-refractivity contribution >= 4 is 5.91 Å². The number of hydrogen-bond acceptors (Lipinski definition) is 3. The summed E-state index contributed by atoms with van der Waals surface area (Å²) in [6.45, 7) is 4.69. The largest absolute Gasteiger partial charge is 0.496 e. The summed E-state index contributed by atoms with van der Waals surface area (Å²) >= 11 is 0. The summed E-state index contributed by atoms with van der Waals surface area (Å²) in [5, 5.41) is 3.34. The zero-order valence-corrected chi connectivity index (χ0v) is 11.0. The van der Waals surface area contributed by atoms with Crippen LogP contribution >= 0.6 is 0 Å². The molecule has 18 heavy (non-hydrogen) atoms. The van der Waals surface area contributed by atoms with E-state index in [0.29, 0.717) is 11.3 Å². The number of methoxy groups -OCH3 is 1. The van der Waals surface area contributed by atoms with E-state index in [0.717, 1.165) is 26.1 Å². The second-order valence-electron chi connectivity index (χ2n) is 4.61. The number of rotatable bonds is 2. The number of para-hydroxylation sites is 1. The standard InChI is InChI=1S/C14H20N2O2/c1-11-10-15-8-5-9-16(11)14(17)12-6-3-4-7-13(12)18-2/h3-4,6-7,11,15H,5,8-10H2,1-2H3. The lowest BCUT2D eigenvalue weighted by molar-refractivity contribution is 0.0703. The van der Waals surface area contributed by atoms with Crippen LogP contribution in [0.3, 0.4) is 0 Å². The molecule has 1 aromatic rings. The van der Waals surface area contributed by atoms with E-state index in [9.17, 15) is 4.79 Å². The maximum absolute atomic E-state index is 12.6. The second kappa shape index (κ2) is 5.87.